The highest BCUT2D eigenvalue weighted by atomic mass is 79.9. The Morgan fingerprint density at radius 3 is 2.61 bits per heavy atom. The molecule has 0 saturated carbocycles. The molecule has 0 radical (unpaired) electrons. The Morgan fingerprint density at radius 1 is 1.33 bits per heavy atom. The lowest BCUT2D eigenvalue weighted by Crippen LogP contribution is -2.07. The molecule has 2 rings (SSSR count). The van der Waals surface area contributed by atoms with Gasteiger partial charge in [-0.15, -0.1) is 11.3 Å². The summed E-state index contributed by atoms with van der Waals surface area (Å²) in [4.78, 5) is 1.03. The van der Waals surface area contributed by atoms with Crippen molar-refractivity contribution in [3.63, 3.8) is 0 Å². The molecule has 1 heterocycles. The van der Waals surface area contributed by atoms with Gasteiger partial charge in [0.2, 0.25) is 0 Å². The van der Waals surface area contributed by atoms with Crippen LogP contribution in [0.2, 0.25) is 5.02 Å². The fourth-order valence-electron chi connectivity index (χ4n) is 1.53. The zero-order valence-corrected chi connectivity index (χ0v) is 12.5. The van der Waals surface area contributed by atoms with Crippen LogP contribution in [-0.4, -0.2) is 0 Å². The predicted molar refractivity (Wildman–Crippen MR) is 75.4 cm³/mol. The first-order valence-corrected chi connectivity index (χ1v) is 7.12. The van der Waals surface area contributed by atoms with E-state index in [4.69, 9.17) is 11.6 Å². The Labute approximate surface area is 121 Å². The predicted octanol–water partition coefficient (Wildman–Crippen LogP) is 5.62. The lowest BCUT2D eigenvalue weighted by Gasteiger charge is -2.15. The number of anilines is 1. The largest absolute Gasteiger partial charge is 0.374 e. The van der Waals surface area contributed by atoms with Crippen LogP contribution < -0.4 is 5.32 Å². The molecule has 6 heteroatoms. The van der Waals surface area contributed by atoms with Crippen molar-refractivity contribution >= 4 is 44.6 Å². The van der Waals surface area contributed by atoms with E-state index in [-0.39, 0.29) is 16.8 Å². The average molecular weight is 353 g/mol. The van der Waals surface area contributed by atoms with Crippen LogP contribution in [-0.2, 0) is 0 Å². The van der Waals surface area contributed by atoms with Gasteiger partial charge in [-0.2, -0.15) is 0 Å². The summed E-state index contributed by atoms with van der Waals surface area (Å²) in [6.07, 6.45) is 0. The maximum Gasteiger partial charge on any atom is 0.150 e. The van der Waals surface area contributed by atoms with Gasteiger partial charge in [-0.25, -0.2) is 8.78 Å². The first-order chi connectivity index (χ1) is 8.47. The fourth-order valence-corrected chi connectivity index (χ4v) is 3.20. The normalized spacial score (nSPS) is 12.5. The van der Waals surface area contributed by atoms with Crippen LogP contribution in [0, 0.1) is 11.6 Å². The lowest BCUT2D eigenvalue weighted by molar-refractivity contribution is 0.584. The molecule has 2 aromatic rings. The van der Waals surface area contributed by atoms with Crippen LogP contribution in [0.15, 0.2) is 28.1 Å². The third-order valence-electron chi connectivity index (χ3n) is 2.39. The molecule has 0 bridgehead atoms. The Kier molecular flexibility index (Phi) is 4.25. The summed E-state index contributed by atoms with van der Waals surface area (Å²) in [5.74, 6) is -1.38. The number of halogens is 4. The maximum atomic E-state index is 13.6. The minimum atomic E-state index is -0.692. The van der Waals surface area contributed by atoms with Crippen LogP contribution in [0.5, 0.6) is 0 Å². The highest BCUT2D eigenvalue weighted by molar-refractivity contribution is 9.11. The summed E-state index contributed by atoms with van der Waals surface area (Å²) >= 11 is 10.7. The first-order valence-electron chi connectivity index (χ1n) is 5.13. The van der Waals surface area contributed by atoms with E-state index in [0.717, 1.165) is 20.8 Å². The second kappa shape index (κ2) is 5.55. The van der Waals surface area contributed by atoms with Crippen molar-refractivity contribution in [3.8, 4) is 0 Å². The minimum absolute atomic E-state index is 0.0370. The van der Waals surface area contributed by atoms with Gasteiger partial charge < -0.3 is 5.32 Å². The molecule has 96 valence electrons. The highest BCUT2D eigenvalue weighted by Crippen LogP contribution is 2.33. The van der Waals surface area contributed by atoms with Gasteiger partial charge in [0.15, 0.2) is 5.82 Å². The highest BCUT2D eigenvalue weighted by Gasteiger charge is 2.14. The van der Waals surface area contributed by atoms with E-state index in [0.29, 0.717) is 0 Å². The summed E-state index contributed by atoms with van der Waals surface area (Å²) in [5.41, 5.74) is 0.120. The number of nitrogens with one attached hydrogen (secondary N) is 1. The van der Waals surface area contributed by atoms with Crippen LogP contribution in [0.3, 0.4) is 0 Å². The fraction of sp³-hybridized carbons (Fsp3) is 0.167. The number of thiophene rings is 1. The van der Waals surface area contributed by atoms with Gasteiger partial charge >= 0.3 is 0 Å². The number of hydrogen-bond donors (Lipinski definition) is 1. The molecule has 18 heavy (non-hydrogen) atoms. The van der Waals surface area contributed by atoms with Crippen molar-refractivity contribution in [2.45, 2.75) is 13.0 Å². The summed E-state index contributed by atoms with van der Waals surface area (Å²) in [7, 11) is 0. The molecule has 1 N–H and O–H groups in total. The molecule has 1 nitrogen and oxygen atoms in total. The Morgan fingerprint density at radius 2 is 2.06 bits per heavy atom. The van der Waals surface area contributed by atoms with Crippen molar-refractivity contribution < 1.29 is 8.78 Å². The molecular weight excluding hydrogens is 344 g/mol. The number of benzene rings is 1. The van der Waals surface area contributed by atoms with E-state index in [9.17, 15) is 8.78 Å². The van der Waals surface area contributed by atoms with Gasteiger partial charge in [0.05, 0.1) is 20.5 Å². The van der Waals surface area contributed by atoms with Gasteiger partial charge in [0, 0.05) is 10.9 Å². The molecule has 1 aromatic carbocycles. The molecule has 0 aliphatic carbocycles. The number of rotatable bonds is 3. The molecule has 0 spiro atoms. The molecule has 1 aromatic heterocycles. The smallest absolute Gasteiger partial charge is 0.150 e. The van der Waals surface area contributed by atoms with Crippen molar-refractivity contribution in [1.82, 2.24) is 0 Å². The minimum Gasteiger partial charge on any atom is -0.374 e. The van der Waals surface area contributed by atoms with Gasteiger partial charge in [-0.3, -0.25) is 0 Å². The molecule has 1 unspecified atom stereocenters. The molecular formula is C12H9BrClF2NS. The van der Waals surface area contributed by atoms with Crippen molar-refractivity contribution in [1.29, 1.82) is 0 Å². The van der Waals surface area contributed by atoms with E-state index in [1.165, 1.54) is 0 Å². The van der Waals surface area contributed by atoms with Gasteiger partial charge in [-0.05, 0) is 41.1 Å². The van der Waals surface area contributed by atoms with Crippen LogP contribution in [0.4, 0.5) is 14.5 Å². The standard InChI is InChI=1S/C12H9BrClF2NS/c1-6(10-2-3-11(13)18-10)17-12-8(14)4-7(15)5-9(12)16/h2-6,17H,1H3. The Hall–Kier alpha value is -0.650. The second-order valence-corrected chi connectivity index (χ2v) is 6.65. The van der Waals surface area contributed by atoms with Gasteiger partial charge in [0.1, 0.15) is 5.82 Å². The van der Waals surface area contributed by atoms with Crippen LogP contribution >= 0.6 is 38.9 Å². The molecule has 0 aliphatic heterocycles. The van der Waals surface area contributed by atoms with E-state index in [1.54, 1.807) is 11.3 Å². The monoisotopic (exact) mass is 351 g/mol. The van der Waals surface area contributed by atoms with Crippen molar-refractivity contribution in [2.75, 3.05) is 5.32 Å². The molecule has 0 fully saturated rings. The van der Waals surface area contributed by atoms with Crippen LogP contribution in [0.25, 0.3) is 0 Å². The molecule has 0 aliphatic rings. The molecule has 0 amide bonds. The molecule has 1 atom stereocenters. The Balaban J connectivity index is 2.24. The summed E-state index contributed by atoms with van der Waals surface area (Å²) in [6.45, 7) is 1.89. The van der Waals surface area contributed by atoms with Gasteiger partial charge in [0.25, 0.3) is 0 Å². The summed E-state index contributed by atoms with van der Waals surface area (Å²) in [6, 6.07) is 5.64. The van der Waals surface area contributed by atoms with Crippen LogP contribution in [0.1, 0.15) is 17.8 Å². The SMILES string of the molecule is CC(Nc1c(F)cc(F)cc1Cl)c1ccc(Br)s1. The summed E-state index contributed by atoms with van der Waals surface area (Å²) < 4.78 is 27.5. The lowest BCUT2D eigenvalue weighted by atomic mass is 10.2. The number of hydrogen-bond acceptors (Lipinski definition) is 2. The zero-order valence-electron chi connectivity index (χ0n) is 9.31. The molecule has 0 saturated heterocycles. The maximum absolute atomic E-state index is 13.6. The van der Waals surface area contributed by atoms with Crippen molar-refractivity contribution in [3.05, 3.63) is 49.6 Å². The van der Waals surface area contributed by atoms with E-state index < -0.39 is 11.6 Å². The second-order valence-electron chi connectivity index (χ2n) is 3.75. The zero-order chi connectivity index (χ0) is 13.3. The third-order valence-corrected chi connectivity index (χ3v) is 4.49. The third kappa shape index (κ3) is 3.02. The van der Waals surface area contributed by atoms with E-state index >= 15 is 0 Å². The van der Waals surface area contributed by atoms with Crippen molar-refractivity contribution in [2.24, 2.45) is 0 Å². The van der Waals surface area contributed by atoms with E-state index in [1.807, 2.05) is 19.1 Å². The van der Waals surface area contributed by atoms with Gasteiger partial charge in [-0.1, -0.05) is 11.6 Å². The Bertz CT molecular complexity index is 550. The quantitative estimate of drug-likeness (QED) is 0.756. The topological polar surface area (TPSA) is 12.0 Å². The average Bonchev–Trinajstić information content (AvgIpc) is 2.70. The van der Waals surface area contributed by atoms with E-state index in [2.05, 4.69) is 21.2 Å². The summed E-state index contributed by atoms with van der Waals surface area (Å²) in [5, 5.41) is 2.99. The first kappa shape index (κ1) is 13.8.